The van der Waals surface area contributed by atoms with Crippen LogP contribution in [-0.2, 0) is 0 Å². The van der Waals surface area contributed by atoms with Gasteiger partial charge in [0.05, 0.1) is 0 Å². The van der Waals surface area contributed by atoms with Crippen LogP contribution >= 0.6 is 0 Å². The van der Waals surface area contributed by atoms with E-state index in [1.807, 2.05) is 0 Å². The maximum Gasteiger partial charge on any atom is 0.0166 e. The summed E-state index contributed by atoms with van der Waals surface area (Å²) in [6, 6.07) is 0.387. The van der Waals surface area contributed by atoms with Crippen LogP contribution in [0.15, 0.2) is 0 Å². The van der Waals surface area contributed by atoms with Crippen molar-refractivity contribution in [2.24, 2.45) is 5.73 Å². The SMILES string of the molecule is CC1(C)CC[C@@H](N)CN1. The van der Waals surface area contributed by atoms with Crippen LogP contribution in [-0.4, -0.2) is 18.1 Å². The molecule has 0 aromatic carbocycles. The second-order valence-corrected chi connectivity index (χ2v) is 3.56. The average Bonchev–Trinajstić information content (AvgIpc) is 1.78. The van der Waals surface area contributed by atoms with E-state index in [-0.39, 0.29) is 0 Å². The molecule has 0 aromatic rings. The zero-order chi connectivity index (χ0) is 6.91. The van der Waals surface area contributed by atoms with E-state index in [4.69, 9.17) is 5.73 Å². The Labute approximate surface area is 56.8 Å². The third-order valence-electron chi connectivity index (χ3n) is 1.98. The first-order chi connectivity index (χ1) is 4.10. The average molecular weight is 128 g/mol. The third kappa shape index (κ3) is 1.95. The van der Waals surface area contributed by atoms with Crippen LogP contribution in [0.1, 0.15) is 26.7 Å². The summed E-state index contributed by atoms with van der Waals surface area (Å²) < 4.78 is 0. The fourth-order valence-corrected chi connectivity index (χ4v) is 1.14. The molecule has 0 amide bonds. The van der Waals surface area contributed by atoms with Gasteiger partial charge in [-0.3, -0.25) is 0 Å². The van der Waals surface area contributed by atoms with Crippen molar-refractivity contribution >= 4 is 0 Å². The third-order valence-corrected chi connectivity index (χ3v) is 1.98. The Bertz CT molecular complexity index is 89.1. The molecule has 0 aliphatic carbocycles. The van der Waals surface area contributed by atoms with Crippen molar-refractivity contribution in [3.63, 3.8) is 0 Å². The molecular formula is C7H16N2. The summed E-state index contributed by atoms with van der Waals surface area (Å²) in [5.74, 6) is 0. The van der Waals surface area contributed by atoms with Crippen LogP contribution < -0.4 is 11.1 Å². The van der Waals surface area contributed by atoms with Crippen molar-refractivity contribution in [3.8, 4) is 0 Å². The Kier molecular flexibility index (Phi) is 1.78. The van der Waals surface area contributed by atoms with Gasteiger partial charge in [-0.15, -0.1) is 0 Å². The van der Waals surface area contributed by atoms with Crippen molar-refractivity contribution in [2.45, 2.75) is 38.3 Å². The summed E-state index contributed by atoms with van der Waals surface area (Å²) in [5, 5.41) is 3.38. The maximum absolute atomic E-state index is 5.69. The fraction of sp³-hybridized carbons (Fsp3) is 1.00. The van der Waals surface area contributed by atoms with E-state index in [0.29, 0.717) is 11.6 Å². The number of rotatable bonds is 0. The quantitative estimate of drug-likeness (QED) is 0.498. The van der Waals surface area contributed by atoms with Crippen LogP contribution in [0.2, 0.25) is 0 Å². The molecule has 1 aliphatic rings. The topological polar surface area (TPSA) is 38.0 Å². The second-order valence-electron chi connectivity index (χ2n) is 3.56. The largest absolute Gasteiger partial charge is 0.327 e. The summed E-state index contributed by atoms with van der Waals surface area (Å²) in [6.07, 6.45) is 2.37. The molecule has 0 aromatic heterocycles. The summed E-state index contributed by atoms with van der Waals surface area (Å²) in [7, 11) is 0. The first-order valence-corrected chi connectivity index (χ1v) is 3.61. The second kappa shape index (κ2) is 2.27. The van der Waals surface area contributed by atoms with Gasteiger partial charge in [-0.2, -0.15) is 0 Å². The highest BCUT2D eigenvalue weighted by Crippen LogP contribution is 2.16. The minimum atomic E-state index is 0.329. The van der Waals surface area contributed by atoms with Crippen molar-refractivity contribution < 1.29 is 0 Å². The van der Waals surface area contributed by atoms with E-state index < -0.39 is 0 Å². The van der Waals surface area contributed by atoms with Gasteiger partial charge in [0, 0.05) is 18.1 Å². The summed E-state index contributed by atoms with van der Waals surface area (Å²) in [5.41, 5.74) is 6.02. The summed E-state index contributed by atoms with van der Waals surface area (Å²) in [4.78, 5) is 0. The lowest BCUT2D eigenvalue weighted by Crippen LogP contribution is -2.51. The predicted molar refractivity (Wildman–Crippen MR) is 39.3 cm³/mol. The van der Waals surface area contributed by atoms with Gasteiger partial charge in [-0.05, 0) is 26.7 Å². The van der Waals surface area contributed by atoms with Gasteiger partial charge in [0.2, 0.25) is 0 Å². The van der Waals surface area contributed by atoms with Gasteiger partial charge in [0.1, 0.15) is 0 Å². The molecule has 0 radical (unpaired) electrons. The van der Waals surface area contributed by atoms with E-state index in [1.54, 1.807) is 0 Å². The summed E-state index contributed by atoms with van der Waals surface area (Å²) in [6.45, 7) is 5.42. The first-order valence-electron chi connectivity index (χ1n) is 3.61. The number of hydrogen-bond acceptors (Lipinski definition) is 2. The van der Waals surface area contributed by atoms with E-state index in [2.05, 4.69) is 19.2 Å². The predicted octanol–water partition coefficient (Wildman–Crippen LogP) is 0.476. The van der Waals surface area contributed by atoms with Crippen molar-refractivity contribution in [1.29, 1.82) is 0 Å². The van der Waals surface area contributed by atoms with Gasteiger partial charge < -0.3 is 11.1 Å². The van der Waals surface area contributed by atoms with Gasteiger partial charge in [-0.1, -0.05) is 0 Å². The lowest BCUT2D eigenvalue weighted by Gasteiger charge is -2.34. The molecule has 1 heterocycles. The first kappa shape index (κ1) is 7.03. The molecule has 0 spiro atoms. The van der Waals surface area contributed by atoms with Gasteiger partial charge >= 0.3 is 0 Å². The van der Waals surface area contributed by atoms with Gasteiger partial charge in [0.15, 0.2) is 0 Å². The van der Waals surface area contributed by atoms with Crippen LogP contribution in [0, 0.1) is 0 Å². The smallest absolute Gasteiger partial charge is 0.0166 e. The molecular weight excluding hydrogens is 112 g/mol. The van der Waals surface area contributed by atoms with Gasteiger partial charge in [0.25, 0.3) is 0 Å². The number of hydrogen-bond donors (Lipinski definition) is 2. The molecule has 1 fully saturated rings. The molecule has 2 nitrogen and oxygen atoms in total. The Morgan fingerprint density at radius 3 is 2.56 bits per heavy atom. The molecule has 54 valence electrons. The van der Waals surface area contributed by atoms with Crippen molar-refractivity contribution in [2.75, 3.05) is 6.54 Å². The normalized spacial score (nSPS) is 34.3. The van der Waals surface area contributed by atoms with Gasteiger partial charge in [-0.25, -0.2) is 0 Å². The number of nitrogens with one attached hydrogen (secondary N) is 1. The zero-order valence-corrected chi connectivity index (χ0v) is 6.28. The molecule has 1 atom stereocenters. The highest BCUT2D eigenvalue weighted by molar-refractivity contribution is 4.86. The molecule has 1 aliphatic heterocycles. The fourth-order valence-electron chi connectivity index (χ4n) is 1.14. The Morgan fingerprint density at radius 2 is 2.22 bits per heavy atom. The highest BCUT2D eigenvalue weighted by Gasteiger charge is 2.23. The Hall–Kier alpha value is -0.0800. The van der Waals surface area contributed by atoms with Crippen LogP contribution in [0.4, 0.5) is 0 Å². The lowest BCUT2D eigenvalue weighted by atomic mass is 9.91. The van der Waals surface area contributed by atoms with E-state index in [0.717, 1.165) is 6.54 Å². The minimum Gasteiger partial charge on any atom is -0.327 e. The molecule has 1 rings (SSSR count). The molecule has 0 saturated carbocycles. The van der Waals surface area contributed by atoms with Crippen LogP contribution in [0.3, 0.4) is 0 Å². The molecule has 0 unspecified atom stereocenters. The Morgan fingerprint density at radius 1 is 1.56 bits per heavy atom. The standard InChI is InChI=1S/C7H16N2/c1-7(2)4-3-6(8)5-9-7/h6,9H,3-5,8H2,1-2H3/t6-/m1/s1. The molecule has 0 bridgehead atoms. The Balaban J connectivity index is 2.35. The lowest BCUT2D eigenvalue weighted by molar-refractivity contribution is 0.281. The molecule has 3 N–H and O–H groups in total. The van der Waals surface area contributed by atoms with Crippen LogP contribution in [0.5, 0.6) is 0 Å². The molecule has 2 heteroatoms. The summed E-state index contributed by atoms with van der Waals surface area (Å²) >= 11 is 0. The minimum absolute atomic E-state index is 0.329. The van der Waals surface area contributed by atoms with Crippen molar-refractivity contribution in [3.05, 3.63) is 0 Å². The highest BCUT2D eigenvalue weighted by atomic mass is 15.0. The van der Waals surface area contributed by atoms with E-state index in [9.17, 15) is 0 Å². The maximum atomic E-state index is 5.69. The molecule has 1 saturated heterocycles. The van der Waals surface area contributed by atoms with Crippen LogP contribution in [0.25, 0.3) is 0 Å². The monoisotopic (exact) mass is 128 g/mol. The van der Waals surface area contributed by atoms with E-state index in [1.165, 1.54) is 12.8 Å². The molecule has 9 heavy (non-hydrogen) atoms. The van der Waals surface area contributed by atoms with Crippen molar-refractivity contribution in [1.82, 2.24) is 5.32 Å². The zero-order valence-electron chi connectivity index (χ0n) is 6.28. The van der Waals surface area contributed by atoms with E-state index >= 15 is 0 Å². The number of piperidine rings is 1. The number of nitrogens with two attached hydrogens (primary N) is 1.